The van der Waals surface area contributed by atoms with Crippen LogP contribution >= 0.6 is 0 Å². The highest BCUT2D eigenvalue weighted by molar-refractivity contribution is 5.63. The molecule has 0 saturated heterocycles. The molecule has 0 unspecified atom stereocenters. The molecule has 0 spiro atoms. The molecule has 3 aromatic carbocycles. The van der Waals surface area contributed by atoms with Gasteiger partial charge in [0.25, 0.3) is 5.56 Å². The van der Waals surface area contributed by atoms with Crippen molar-refractivity contribution >= 4 is 0 Å². The fraction of sp³-hybridized carbons (Fsp3) is 0.138. The van der Waals surface area contributed by atoms with Gasteiger partial charge in [0.1, 0.15) is 5.82 Å². The molecule has 5 aromatic rings. The lowest BCUT2D eigenvalue weighted by Crippen LogP contribution is -2.35. The highest BCUT2D eigenvalue weighted by Gasteiger charge is 2.23. The molecule has 6 rings (SSSR count). The minimum atomic E-state index is -0.0539. The first-order chi connectivity index (χ1) is 17.2. The first kappa shape index (κ1) is 21.3. The van der Waals surface area contributed by atoms with E-state index in [-0.39, 0.29) is 5.56 Å². The third kappa shape index (κ3) is 4.32. The van der Waals surface area contributed by atoms with Gasteiger partial charge >= 0.3 is 0 Å². The molecule has 6 heteroatoms. The Bertz CT molecular complexity index is 1510. The van der Waals surface area contributed by atoms with Crippen LogP contribution in [0.1, 0.15) is 16.8 Å². The van der Waals surface area contributed by atoms with Crippen molar-refractivity contribution in [3.05, 3.63) is 124 Å². The maximum Gasteiger partial charge on any atom is 0.255 e. The molecule has 172 valence electrons. The molecule has 6 nitrogen and oxygen atoms in total. The van der Waals surface area contributed by atoms with Gasteiger partial charge < -0.3 is 4.98 Å². The second-order valence-corrected chi connectivity index (χ2v) is 8.82. The van der Waals surface area contributed by atoms with E-state index in [2.05, 4.69) is 40.3 Å². The van der Waals surface area contributed by atoms with E-state index in [0.29, 0.717) is 18.9 Å². The minimum Gasteiger partial charge on any atom is -0.306 e. The number of fused-ring (bicyclic) bond motifs is 1. The van der Waals surface area contributed by atoms with E-state index in [1.54, 1.807) is 0 Å². The lowest BCUT2D eigenvalue weighted by molar-refractivity contribution is 0.242. The molecule has 2 aromatic heterocycles. The van der Waals surface area contributed by atoms with Gasteiger partial charge in [0.15, 0.2) is 0 Å². The average molecular weight is 460 g/mol. The number of nitrogens with one attached hydrogen (secondary N) is 1. The summed E-state index contributed by atoms with van der Waals surface area (Å²) in [5.74, 6) is 0.637. The smallest absolute Gasteiger partial charge is 0.255 e. The van der Waals surface area contributed by atoms with Crippen LogP contribution in [0.15, 0.2) is 102 Å². The molecule has 0 atom stereocenters. The molecular formula is C29H25N5O. The summed E-state index contributed by atoms with van der Waals surface area (Å²) in [6, 6.07) is 30.2. The third-order valence-electron chi connectivity index (χ3n) is 6.45. The molecule has 1 N–H and O–H groups in total. The largest absolute Gasteiger partial charge is 0.306 e. The van der Waals surface area contributed by atoms with Crippen LogP contribution in [0.4, 0.5) is 0 Å². The highest BCUT2D eigenvalue weighted by atomic mass is 16.1. The van der Waals surface area contributed by atoms with Crippen molar-refractivity contribution < 1.29 is 0 Å². The summed E-state index contributed by atoms with van der Waals surface area (Å²) in [6.45, 7) is 2.11. The summed E-state index contributed by atoms with van der Waals surface area (Å²) in [4.78, 5) is 23.1. The molecule has 35 heavy (non-hydrogen) atoms. The summed E-state index contributed by atoms with van der Waals surface area (Å²) in [5.41, 5.74) is 6.73. The Morgan fingerprint density at radius 2 is 1.49 bits per heavy atom. The molecule has 1 aliphatic heterocycles. The topological polar surface area (TPSA) is 66.8 Å². The summed E-state index contributed by atoms with van der Waals surface area (Å²) >= 11 is 0. The number of para-hydroxylation sites is 1. The van der Waals surface area contributed by atoms with E-state index in [1.165, 1.54) is 0 Å². The molecule has 0 amide bonds. The van der Waals surface area contributed by atoms with E-state index >= 15 is 0 Å². The predicted molar refractivity (Wildman–Crippen MR) is 137 cm³/mol. The third-order valence-corrected chi connectivity index (χ3v) is 6.45. The van der Waals surface area contributed by atoms with Crippen molar-refractivity contribution in [3.8, 4) is 28.3 Å². The molecule has 0 radical (unpaired) electrons. The lowest BCUT2D eigenvalue weighted by Gasteiger charge is -2.27. The Morgan fingerprint density at radius 1 is 0.829 bits per heavy atom. The number of aromatic amines is 1. The Labute approximate surface area is 203 Å². The SMILES string of the molecule is O=c1[nH]c(-c2ccccc2)nc2c1CN(Cc1cn(-c3ccccc3)nc1-c1ccccc1)CC2. The molecule has 0 fully saturated rings. The lowest BCUT2D eigenvalue weighted by atomic mass is 10.0. The van der Waals surface area contributed by atoms with Gasteiger partial charge in [-0.05, 0) is 12.1 Å². The fourth-order valence-electron chi connectivity index (χ4n) is 4.67. The monoisotopic (exact) mass is 459 g/mol. The van der Waals surface area contributed by atoms with Gasteiger partial charge in [0.2, 0.25) is 0 Å². The minimum absolute atomic E-state index is 0.0539. The van der Waals surface area contributed by atoms with E-state index < -0.39 is 0 Å². The maximum absolute atomic E-state index is 13.0. The Morgan fingerprint density at radius 3 is 2.20 bits per heavy atom. The zero-order chi connectivity index (χ0) is 23.6. The molecule has 0 aliphatic carbocycles. The van der Waals surface area contributed by atoms with Gasteiger partial charge in [0, 0.05) is 48.9 Å². The average Bonchev–Trinajstić information content (AvgIpc) is 3.34. The van der Waals surface area contributed by atoms with Crippen molar-refractivity contribution in [3.63, 3.8) is 0 Å². The standard InChI is InChI=1S/C29H25N5O/c35-29-25-20-33(17-16-26(25)30-28(31-29)22-12-6-2-7-13-22)18-23-19-34(24-14-8-3-9-15-24)32-27(23)21-10-4-1-5-11-21/h1-15,19H,16-18,20H2,(H,30,31,35). The van der Waals surface area contributed by atoms with Crippen molar-refractivity contribution in [1.29, 1.82) is 0 Å². The van der Waals surface area contributed by atoms with Gasteiger partial charge in [-0.15, -0.1) is 0 Å². The zero-order valence-electron chi connectivity index (χ0n) is 19.3. The predicted octanol–water partition coefficient (Wildman–Crippen LogP) is 4.85. The number of hydrogen-bond acceptors (Lipinski definition) is 4. The number of benzene rings is 3. The van der Waals surface area contributed by atoms with E-state index in [0.717, 1.165) is 52.3 Å². The molecule has 1 aliphatic rings. The van der Waals surface area contributed by atoms with Gasteiger partial charge in [-0.3, -0.25) is 9.69 Å². The Kier molecular flexibility index (Phi) is 5.56. The van der Waals surface area contributed by atoms with Gasteiger partial charge in [-0.2, -0.15) is 5.10 Å². The normalized spacial score (nSPS) is 13.5. The highest BCUT2D eigenvalue weighted by Crippen LogP contribution is 2.27. The molecule has 3 heterocycles. The van der Waals surface area contributed by atoms with E-state index in [9.17, 15) is 4.79 Å². The number of hydrogen-bond donors (Lipinski definition) is 1. The van der Waals surface area contributed by atoms with E-state index in [4.69, 9.17) is 10.1 Å². The van der Waals surface area contributed by atoms with Crippen LogP contribution in [0.25, 0.3) is 28.3 Å². The van der Waals surface area contributed by atoms with Crippen LogP contribution in [0, 0.1) is 0 Å². The second-order valence-electron chi connectivity index (χ2n) is 8.82. The maximum atomic E-state index is 13.0. The zero-order valence-corrected chi connectivity index (χ0v) is 19.3. The van der Waals surface area contributed by atoms with Crippen molar-refractivity contribution in [2.75, 3.05) is 6.54 Å². The first-order valence-corrected chi connectivity index (χ1v) is 11.8. The first-order valence-electron chi connectivity index (χ1n) is 11.8. The second kappa shape index (κ2) is 9.16. The van der Waals surface area contributed by atoms with Crippen molar-refractivity contribution in [1.82, 2.24) is 24.6 Å². The summed E-state index contributed by atoms with van der Waals surface area (Å²) in [7, 11) is 0. The molecule has 0 saturated carbocycles. The van der Waals surface area contributed by atoms with Gasteiger partial charge in [-0.1, -0.05) is 78.9 Å². The quantitative estimate of drug-likeness (QED) is 0.408. The summed E-state index contributed by atoms with van der Waals surface area (Å²) < 4.78 is 1.94. The van der Waals surface area contributed by atoms with Crippen LogP contribution in [-0.2, 0) is 19.5 Å². The van der Waals surface area contributed by atoms with Crippen LogP contribution in [0.2, 0.25) is 0 Å². The number of nitrogens with zero attached hydrogens (tertiary/aromatic N) is 4. The number of rotatable bonds is 5. The fourth-order valence-corrected chi connectivity index (χ4v) is 4.67. The number of H-pyrrole nitrogens is 1. The van der Waals surface area contributed by atoms with Gasteiger partial charge in [0.05, 0.1) is 22.6 Å². The van der Waals surface area contributed by atoms with Crippen LogP contribution in [-0.4, -0.2) is 31.2 Å². The molecular weight excluding hydrogens is 434 g/mol. The van der Waals surface area contributed by atoms with Crippen LogP contribution in [0.3, 0.4) is 0 Å². The number of aromatic nitrogens is 4. The van der Waals surface area contributed by atoms with Crippen molar-refractivity contribution in [2.24, 2.45) is 0 Å². The van der Waals surface area contributed by atoms with Crippen LogP contribution in [0.5, 0.6) is 0 Å². The van der Waals surface area contributed by atoms with Crippen molar-refractivity contribution in [2.45, 2.75) is 19.5 Å². The Hall–Kier alpha value is -4.29. The molecule has 0 bridgehead atoms. The van der Waals surface area contributed by atoms with Gasteiger partial charge in [-0.25, -0.2) is 9.67 Å². The Balaban J connectivity index is 1.31. The van der Waals surface area contributed by atoms with E-state index in [1.807, 2.05) is 71.4 Å². The summed E-state index contributed by atoms with van der Waals surface area (Å²) in [5, 5.41) is 4.93. The van der Waals surface area contributed by atoms with Crippen LogP contribution < -0.4 is 5.56 Å². The summed E-state index contributed by atoms with van der Waals surface area (Å²) in [6.07, 6.45) is 2.85.